The summed E-state index contributed by atoms with van der Waals surface area (Å²) in [5, 5.41) is 26.6. The number of nitriles is 1. The second-order valence-electron chi connectivity index (χ2n) is 18.1. The molecule has 11 aromatic rings. The Morgan fingerprint density at radius 1 is 0.507 bits per heavy atom. The van der Waals surface area contributed by atoms with Crippen LogP contribution in [-0.4, -0.2) is 32.4 Å². The molecule has 320 valence electrons. The first-order valence-electron chi connectivity index (χ1n) is 22.6. The lowest BCUT2D eigenvalue weighted by molar-refractivity contribution is 0.588. The van der Waals surface area contributed by atoms with E-state index in [-0.39, 0.29) is 5.41 Å². The molecule has 7 heteroatoms. The summed E-state index contributed by atoms with van der Waals surface area (Å²) in [7, 11) is -3.16. The number of benzene rings is 8. The predicted octanol–water partition coefficient (Wildman–Crippen LogP) is 11.3. The number of rotatable bonds is 9. The number of aromatic nitrogens is 5. The highest BCUT2D eigenvalue weighted by Crippen LogP contribution is 2.38. The molecule has 3 aromatic heterocycles. The molecule has 0 amide bonds. The molecule has 0 fully saturated rings. The van der Waals surface area contributed by atoms with Crippen molar-refractivity contribution < 1.29 is 0 Å². The van der Waals surface area contributed by atoms with E-state index >= 15 is 0 Å². The van der Waals surface area contributed by atoms with Gasteiger partial charge in [0.25, 0.3) is 0 Å². The van der Waals surface area contributed by atoms with Crippen molar-refractivity contribution in [1.29, 1.82) is 5.26 Å². The van der Waals surface area contributed by atoms with Crippen LogP contribution in [0.15, 0.2) is 225 Å². The Bertz CT molecular complexity index is 3520. The van der Waals surface area contributed by atoms with Crippen LogP contribution >= 0.6 is 0 Å². The van der Waals surface area contributed by atoms with E-state index in [1.54, 1.807) is 0 Å². The number of hydrogen-bond acceptors (Lipinski definition) is 4. The third-order valence-corrected chi connectivity index (χ3v) is 17.9. The van der Waals surface area contributed by atoms with E-state index in [0.29, 0.717) is 5.56 Å². The summed E-state index contributed by atoms with van der Waals surface area (Å²) in [5.74, 6) is 1.59. The number of pyridine rings is 1. The summed E-state index contributed by atoms with van der Waals surface area (Å²) in [6.07, 6.45) is 3.77. The van der Waals surface area contributed by atoms with E-state index in [1.165, 1.54) is 26.3 Å². The van der Waals surface area contributed by atoms with Gasteiger partial charge in [-0.1, -0.05) is 197 Å². The normalized spacial score (nSPS) is 11.8. The van der Waals surface area contributed by atoms with E-state index in [4.69, 9.17) is 10.1 Å². The molecule has 0 aliphatic carbocycles. The summed E-state index contributed by atoms with van der Waals surface area (Å²) in [4.78, 5) is 5.02. The molecule has 0 unspecified atom stereocenters. The van der Waals surface area contributed by atoms with Gasteiger partial charge in [0.1, 0.15) is 12.1 Å². The van der Waals surface area contributed by atoms with Crippen molar-refractivity contribution in [2.45, 2.75) is 26.2 Å². The first kappa shape index (κ1) is 41.3. The first-order chi connectivity index (χ1) is 32.8. The maximum absolute atomic E-state index is 10.1. The zero-order valence-electron chi connectivity index (χ0n) is 37.5. The Hall–Kier alpha value is -8.44. The second kappa shape index (κ2) is 16.8. The summed E-state index contributed by atoms with van der Waals surface area (Å²) >= 11 is 0. The van der Waals surface area contributed by atoms with E-state index < -0.39 is 8.07 Å². The van der Waals surface area contributed by atoms with Crippen LogP contribution in [0.25, 0.3) is 67.0 Å². The standard InChI is InChI=1S/C60H46N6Si/c1-60(2,3)46-34-35-62-57(38-46)66-55-33-30-42(40-61)36-54(55)53-32-31-50(39-56(53)66)67(47-23-12-6-13-24-47,48-25-14-7-15-26-48)49-27-16-22-45(37-49)59-64-63-41-65(59)58-51(43-18-8-4-9-19-43)28-17-29-52(58)44-20-10-5-11-21-44/h4-39,41H,1-3H3. The van der Waals surface area contributed by atoms with Crippen LogP contribution in [0, 0.1) is 11.3 Å². The fourth-order valence-corrected chi connectivity index (χ4v) is 14.7. The lowest BCUT2D eigenvalue weighted by Crippen LogP contribution is -2.74. The van der Waals surface area contributed by atoms with Crippen LogP contribution in [0.1, 0.15) is 31.9 Å². The average molecular weight is 879 g/mol. The van der Waals surface area contributed by atoms with Crippen LogP contribution in [0.2, 0.25) is 0 Å². The number of nitrogens with zero attached hydrogens (tertiary/aromatic N) is 6. The molecule has 3 heterocycles. The first-order valence-corrected chi connectivity index (χ1v) is 24.6. The molecule has 0 spiro atoms. The highest BCUT2D eigenvalue weighted by molar-refractivity contribution is 7.20. The minimum absolute atomic E-state index is 0.0831. The molecule has 0 saturated heterocycles. The van der Waals surface area contributed by atoms with Crippen LogP contribution in [0.3, 0.4) is 0 Å². The van der Waals surface area contributed by atoms with Gasteiger partial charge in [-0.25, -0.2) is 4.98 Å². The summed E-state index contributed by atoms with van der Waals surface area (Å²) in [6.45, 7) is 6.70. The molecule has 67 heavy (non-hydrogen) atoms. The van der Waals surface area contributed by atoms with Gasteiger partial charge in [-0.05, 0) is 79.3 Å². The van der Waals surface area contributed by atoms with Gasteiger partial charge in [-0.3, -0.25) is 9.13 Å². The van der Waals surface area contributed by atoms with Crippen LogP contribution in [0.4, 0.5) is 0 Å². The highest BCUT2D eigenvalue weighted by Gasteiger charge is 2.42. The van der Waals surface area contributed by atoms with Crippen LogP contribution in [0.5, 0.6) is 0 Å². The molecule has 6 nitrogen and oxygen atoms in total. The van der Waals surface area contributed by atoms with Gasteiger partial charge in [0.2, 0.25) is 0 Å². The van der Waals surface area contributed by atoms with Crippen LogP contribution in [-0.2, 0) is 5.41 Å². The van der Waals surface area contributed by atoms with Gasteiger partial charge in [0.05, 0.1) is 28.4 Å². The third-order valence-electron chi connectivity index (χ3n) is 13.1. The second-order valence-corrected chi connectivity index (χ2v) is 21.9. The molecule has 11 rings (SSSR count). The lowest BCUT2D eigenvalue weighted by Gasteiger charge is -2.35. The summed E-state index contributed by atoms with van der Waals surface area (Å²) in [5.41, 5.74) is 10.1. The van der Waals surface area contributed by atoms with Crippen molar-refractivity contribution in [2.75, 3.05) is 0 Å². The number of fused-ring (bicyclic) bond motifs is 3. The molecular formula is C60H46N6Si. The minimum atomic E-state index is -3.16. The van der Waals surface area contributed by atoms with Gasteiger partial charge in [-0.15, -0.1) is 10.2 Å². The van der Waals surface area contributed by atoms with Crippen molar-refractivity contribution in [3.8, 4) is 51.2 Å². The highest BCUT2D eigenvalue weighted by atomic mass is 28.3. The van der Waals surface area contributed by atoms with Crippen molar-refractivity contribution in [3.63, 3.8) is 0 Å². The van der Waals surface area contributed by atoms with Crippen molar-refractivity contribution in [1.82, 2.24) is 24.3 Å². The quantitative estimate of drug-likeness (QED) is 0.107. The van der Waals surface area contributed by atoms with E-state index in [9.17, 15) is 5.26 Å². The van der Waals surface area contributed by atoms with Gasteiger partial charge in [0.15, 0.2) is 13.9 Å². The maximum atomic E-state index is 10.1. The molecule has 0 bridgehead atoms. The third kappa shape index (κ3) is 7.16. The monoisotopic (exact) mass is 878 g/mol. The molecule has 8 aromatic carbocycles. The van der Waals surface area contributed by atoms with E-state index in [0.717, 1.165) is 67.0 Å². The molecular weight excluding hydrogens is 833 g/mol. The van der Waals surface area contributed by atoms with Crippen molar-refractivity contribution >= 4 is 50.6 Å². The summed E-state index contributed by atoms with van der Waals surface area (Å²) < 4.78 is 4.45. The zero-order chi connectivity index (χ0) is 45.5. The molecule has 0 aliphatic heterocycles. The van der Waals surface area contributed by atoms with Gasteiger partial charge in [0, 0.05) is 33.7 Å². The molecule has 0 radical (unpaired) electrons. The predicted molar refractivity (Wildman–Crippen MR) is 277 cm³/mol. The van der Waals surface area contributed by atoms with Gasteiger partial charge in [-0.2, -0.15) is 5.26 Å². The maximum Gasteiger partial charge on any atom is 0.179 e. The minimum Gasteiger partial charge on any atom is -0.294 e. The van der Waals surface area contributed by atoms with E-state index in [1.807, 2.05) is 24.7 Å². The Morgan fingerprint density at radius 2 is 1.09 bits per heavy atom. The van der Waals surface area contributed by atoms with Crippen molar-refractivity contribution in [3.05, 3.63) is 236 Å². The Morgan fingerprint density at radius 3 is 1.72 bits per heavy atom. The Labute approximate surface area is 391 Å². The molecule has 0 atom stereocenters. The van der Waals surface area contributed by atoms with Crippen LogP contribution < -0.4 is 20.7 Å². The Balaban J connectivity index is 1.18. The number of hydrogen-bond donors (Lipinski definition) is 0. The number of para-hydroxylation sites is 1. The van der Waals surface area contributed by atoms with Gasteiger partial charge < -0.3 is 0 Å². The lowest BCUT2D eigenvalue weighted by atomic mass is 9.88. The zero-order valence-corrected chi connectivity index (χ0v) is 38.5. The fourth-order valence-electron chi connectivity index (χ4n) is 9.95. The van der Waals surface area contributed by atoms with Crippen molar-refractivity contribution in [2.24, 2.45) is 0 Å². The topological polar surface area (TPSA) is 72.3 Å². The fraction of sp³-hybridized carbons (Fsp3) is 0.0667. The Kier molecular flexibility index (Phi) is 10.4. The average Bonchev–Trinajstić information content (AvgIpc) is 4.00. The summed E-state index contributed by atoms with van der Waals surface area (Å²) in [6, 6.07) is 78.3. The SMILES string of the molecule is CC(C)(C)c1ccnc(-n2c3ccc(C#N)cc3c3ccc([Si](c4ccccc4)(c4ccccc4)c4cccc(-c5nncn5-c5c(-c6ccccc6)cccc5-c5ccccc5)c4)cc32)c1. The largest absolute Gasteiger partial charge is 0.294 e. The molecule has 0 aliphatic rings. The molecule has 0 saturated carbocycles. The smallest absolute Gasteiger partial charge is 0.179 e. The van der Waals surface area contributed by atoms with Gasteiger partial charge >= 0.3 is 0 Å². The van der Waals surface area contributed by atoms with E-state index in [2.05, 4.69) is 241 Å². The molecule has 0 N–H and O–H groups in total.